The van der Waals surface area contributed by atoms with E-state index in [0.717, 1.165) is 23.6 Å². The van der Waals surface area contributed by atoms with E-state index in [-0.39, 0.29) is 5.56 Å². The summed E-state index contributed by atoms with van der Waals surface area (Å²) in [5, 5.41) is 0. The van der Waals surface area contributed by atoms with E-state index in [9.17, 15) is 4.79 Å². The molecule has 0 radical (unpaired) electrons. The van der Waals surface area contributed by atoms with E-state index in [2.05, 4.69) is 34.8 Å². The molecule has 0 bridgehead atoms. The molecule has 116 valence electrons. The second-order valence-corrected chi connectivity index (χ2v) is 5.46. The van der Waals surface area contributed by atoms with Crippen LogP contribution in [-0.4, -0.2) is 41.3 Å². The predicted molar refractivity (Wildman–Crippen MR) is 82.3 cm³/mol. The maximum Gasteiger partial charge on any atom is 0.254 e. The minimum absolute atomic E-state index is 0.0773. The van der Waals surface area contributed by atoms with Crippen molar-refractivity contribution in [3.63, 3.8) is 0 Å². The summed E-state index contributed by atoms with van der Waals surface area (Å²) in [4.78, 5) is 37.3. The topological polar surface area (TPSA) is 103 Å². The zero-order valence-corrected chi connectivity index (χ0v) is 12.4. The first-order valence-corrected chi connectivity index (χ1v) is 7.37. The van der Waals surface area contributed by atoms with Crippen LogP contribution in [0.5, 0.6) is 0 Å². The lowest BCUT2D eigenvalue weighted by atomic mass is 10.1. The number of nitrogens with one attached hydrogen (secondary N) is 2. The number of rotatable bonds is 3. The van der Waals surface area contributed by atoms with Gasteiger partial charge in [0.2, 0.25) is 0 Å². The molecule has 8 heteroatoms. The predicted octanol–water partition coefficient (Wildman–Crippen LogP) is 0.508. The van der Waals surface area contributed by atoms with Gasteiger partial charge in [-0.25, -0.2) is 19.9 Å². The molecule has 0 unspecified atom stereocenters. The molecule has 1 aliphatic rings. The van der Waals surface area contributed by atoms with Crippen molar-refractivity contribution in [1.82, 2.24) is 34.8 Å². The number of H-pyrrole nitrogens is 2. The second kappa shape index (κ2) is 5.73. The van der Waals surface area contributed by atoms with Gasteiger partial charge in [0.25, 0.3) is 5.56 Å². The summed E-state index contributed by atoms with van der Waals surface area (Å²) in [5.41, 5.74) is 2.20. The Bertz CT molecular complexity index is 857. The monoisotopic (exact) mass is 309 g/mol. The minimum atomic E-state index is -0.0773. The Kier molecular flexibility index (Phi) is 3.43. The van der Waals surface area contributed by atoms with Gasteiger partial charge in [0, 0.05) is 43.4 Å². The second-order valence-electron chi connectivity index (χ2n) is 5.46. The van der Waals surface area contributed by atoms with Crippen LogP contribution in [0.3, 0.4) is 0 Å². The van der Waals surface area contributed by atoms with Crippen LogP contribution in [-0.2, 0) is 19.5 Å². The van der Waals surface area contributed by atoms with E-state index >= 15 is 0 Å². The van der Waals surface area contributed by atoms with E-state index < -0.39 is 0 Å². The summed E-state index contributed by atoms with van der Waals surface area (Å²) in [6, 6.07) is 0. The molecule has 23 heavy (non-hydrogen) atoms. The third kappa shape index (κ3) is 2.76. The van der Waals surface area contributed by atoms with Crippen molar-refractivity contribution < 1.29 is 0 Å². The smallest absolute Gasteiger partial charge is 0.254 e. The fourth-order valence-electron chi connectivity index (χ4n) is 2.78. The lowest BCUT2D eigenvalue weighted by Crippen LogP contribution is -2.35. The molecule has 0 atom stereocenters. The van der Waals surface area contributed by atoms with E-state index in [1.165, 1.54) is 6.33 Å². The molecular weight excluding hydrogens is 294 g/mol. The average molecular weight is 309 g/mol. The Morgan fingerprint density at radius 1 is 1.26 bits per heavy atom. The van der Waals surface area contributed by atoms with Crippen molar-refractivity contribution in [2.75, 3.05) is 6.54 Å². The molecule has 0 fully saturated rings. The number of hydrogen-bond acceptors (Lipinski definition) is 6. The van der Waals surface area contributed by atoms with Gasteiger partial charge in [-0.05, 0) is 6.42 Å². The highest BCUT2D eigenvalue weighted by Crippen LogP contribution is 2.18. The quantitative estimate of drug-likeness (QED) is 0.730. The van der Waals surface area contributed by atoms with Crippen LogP contribution in [0.1, 0.15) is 17.1 Å². The third-order valence-corrected chi connectivity index (χ3v) is 3.91. The van der Waals surface area contributed by atoms with Crippen molar-refractivity contribution in [3.05, 3.63) is 58.6 Å². The van der Waals surface area contributed by atoms with Crippen molar-refractivity contribution in [2.45, 2.75) is 19.5 Å². The molecule has 0 spiro atoms. The molecule has 8 nitrogen and oxygen atoms in total. The van der Waals surface area contributed by atoms with Gasteiger partial charge in [-0.3, -0.25) is 9.69 Å². The van der Waals surface area contributed by atoms with Crippen LogP contribution < -0.4 is 5.56 Å². The van der Waals surface area contributed by atoms with Crippen LogP contribution in [0, 0.1) is 0 Å². The zero-order valence-electron chi connectivity index (χ0n) is 12.4. The molecule has 0 saturated carbocycles. The molecule has 4 heterocycles. The Morgan fingerprint density at radius 2 is 2.13 bits per heavy atom. The molecule has 0 aromatic carbocycles. The van der Waals surface area contributed by atoms with Crippen molar-refractivity contribution >= 4 is 0 Å². The number of nitrogens with zero attached hydrogens (tertiary/aromatic N) is 5. The molecule has 0 amide bonds. The van der Waals surface area contributed by atoms with Gasteiger partial charge >= 0.3 is 0 Å². The standard InChI is InChI=1S/C15H15N7O/c23-15-11-1-4-22(8-13-18-2-3-19-13)7-12(11)20-14(21-15)10-5-16-9-17-6-10/h2-3,5-6,9H,1,4,7-8H2,(H,18,19)(H,20,21,23). The van der Waals surface area contributed by atoms with Gasteiger partial charge < -0.3 is 9.97 Å². The highest BCUT2D eigenvalue weighted by molar-refractivity contribution is 5.52. The normalized spacial score (nSPS) is 14.6. The maximum atomic E-state index is 12.3. The van der Waals surface area contributed by atoms with Gasteiger partial charge in [0.05, 0.1) is 17.8 Å². The van der Waals surface area contributed by atoms with Crippen molar-refractivity contribution in [1.29, 1.82) is 0 Å². The highest BCUT2D eigenvalue weighted by atomic mass is 16.1. The van der Waals surface area contributed by atoms with Gasteiger partial charge in [0.1, 0.15) is 18.0 Å². The summed E-state index contributed by atoms with van der Waals surface area (Å²) in [5.74, 6) is 1.42. The number of hydrogen-bond donors (Lipinski definition) is 2. The van der Waals surface area contributed by atoms with Crippen molar-refractivity contribution in [3.8, 4) is 11.4 Å². The minimum Gasteiger partial charge on any atom is -0.348 e. The third-order valence-electron chi connectivity index (χ3n) is 3.91. The summed E-state index contributed by atoms with van der Waals surface area (Å²) < 4.78 is 0. The van der Waals surface area contributed by atoms with Gasteiger partial charge in [0.15, 0.2) is 0 Å². The first-order chi connectivity index (χ1) is 11.3. The lowest BCUT2D eigenvalue weighted by molar-refractivity contribution is 0.235. The molecule has 3 aromatic heterocycles. The lowest BCUT2D eigenvalue weighted by Gasteiger charge is -2.26. The summed E-state index contributed by atoms with van der Waals surface area (Å²) in [6.45, 7) is 2.15. The van der Waals surface area contributed by atoms with Crippen LogP contribution in [0.15, 0.2) is 35.9 Å². The van der Waals surface area contributed by atoms with Crippen LogP contribution in [0.4, 0.5) is 0 Å². The summed E-state index contributed by atoms with van der Waals surface area (Å²) >= 11 is 0. The molecule has 0 saturated heterocycles. The summed E-state index contributed by atoms with van der Waals surface area (Å²) in [7, 11) is 0. The number of imidazole rings is 1. The van der Waals surface area contributed by atoms with Gasteiger partial charge in [-0.15, -0.1) is 0 Å². The fraction of sp³-hybridized carbons (Fsp3) is 0.267. The van der Waals surface area contributed by atoms with Crippen LogP contribution in [0.2, 0.25) is 0 Å². The first-order valence-electron chi connectivity index (χ1n) is 7.37. The number of aromatic nitrogens is 6. The van der Waals surface area contributed by atoms with Gasteiger partial charge in [-0.1, -0.05) is 0 Å². The Balaban J connectivity index is 1.64. The molecule has 4 rings (SSSR count). The fourth-order valence-corrected chi connectivity index (χ4v) is 2.78. The Hall–Kier alpha value is -2.87. The first kappa shape index (κ1) is 13.8. The molecule has 1 aliphatic heterocycles. The van der Waals surface area contributed by atoms with Crippen LogP contribution in [0.25, 0.3) is 11.4 Å². The average Bonchev–Trinajstić information content (AvgIpc) is 3.08. The molecule has 0 aliphatic carbocycles. The van der Waals surface area contributed by atoms with Crippen LogP contribution >= 0.6 is 0 Å². The molecular formula is C15H15N7O. The number of aromatic amines is 2. The maximum absolute atomic E-state index is 12.3. The molecule has 2 N–H and O–H groups in total. The van der Waals surface area contributed by atoms with E-state index in [1.807, 2.05) is 6.20 Å². The zero-order chi connectivity index (χ0) is 15.6. The number of fused-ring (bicyclic) bond motifs is 1. The van der Waals surface area contributed by atoms with E-state index in [4.69, 9.17) is 0 Å². The largest absolute Gasteiger partial charge is 0.348 e. The van der Waals surface area contributed by atoms with E-state index in [1.54, 1.807) is 18.6 Å². The summed E-state index contributed by atoms with van der Waals surface area (Å²) in [6.07, 6.45) is 8.96. The molecule has 3 aromatic rings. The highest BCUT2D eigenvalue weighted by Gasteiger charge is 2.22. The van der Waals surface area contributed by atoms with Gasteiger partial charge in [-0.2, -0.15) is 0 Å². The SMILES string of the molecule is O=c1[nH]c(-c2cncnc2)nc2c1CCN(Cc1ncc[nH]1)C2. The van der Waals surface area contributed by atoms with Crippen molar-refractivity contribution in [2.24, 2.45) is 0 Å². The Labute approximate surface area is 131 Å². The van der Waals surface area contributed by atoms with E-state index in [0.29, 0.717) is 30.9 Å². The Morgan fingerprint density at radius 3 is 2.91 bits per heavy atom.